The number of hydrogen-bond donors (Lipinski definition) is 1. The molecule has 0 aliphatic carbocycles. The van der Waals surface area contributed by atoms with Gasteiger partial charge in [0.2, 0.25) is 0 Å². The predicted molar refractivity (Wildman–Crippen MR) is 57.5 cm³/mol. The third-order valence-electron chi connectivity index (χ3n) is 2.04. The van der Waals surface area contributed by atoms with Gasteiger partial charge in [-0.25, -0.2) is 0 Å². The van der Waals surface area contributed by atoms with E-state index in [9.17, 15) is 0 Å². The first kappa shape index (κ1) is 8.85. The second kappa shape index (κ2) is 3.20. The summed E-state index contributed by atoms with van der Waals surface area (Å²) >= 11 is 1.55. The maximum atomic E-state index is 8.92. The Morgan fingerprint density at radius 3 is 3.00 bits per heavy atom. The van der Waals surface area contributed by atoms with Gasteiger partial charge in [0.15, 0.2) is 5.75 Å². The van der Waals surface area contributed by atoms with E-state index >= 15 is 0 Å². The van der Waals surface area contributed by atoms with Crippen LogP contribution in [0.1, 0.15) is 5.56 Å². The quantitative estimate of drug-likeness (QED) is 0.725. The lowest BCUT2D eigenvalue weighted by molar-refractivity contribution is 0.419. The number of hydrogen-bond acceptors (Lipinski definition) is 4. The van der Waals surface area contributed by atoms with E-state index in [1.165, 1.54) is 0 Å². The summed E-state index contributed by atoms with van der Waals surface area (Å²) in [6, 6.07) is 5.81. The van der Waals surface area contributed by atoms with Gasteiger partial charge < -0.3 is 10.5 Å². The second-order valence-corrected chi connectivity index (χ2v) is 3.74. The largest absolute Gasteiger partial charge is 0.494 e. The van der Waals surface area contributed by atoms with Crippen LogP contribution in [0.25, 0.3) is 10.1 Å². The van der Waals surface area contributed by atoms with Crippen molar-refractivity contribution in [3.05, 3.63) is 23.1 Å². The number of methoxy groups -OCH3 is 1. The lowest BCUT2D eigenvalue weighted by atomic mass is 10.1. The van der Waals surface area contributed by atoms with E-state index in [1.807, 2.05) is 11.4 Å². The van der Waals surface area contributed by atoms with Crippen molar-refractivity contribution in [2.45, 2.75) is 0 Å². The lowest BCUT2D eigenvalue weighted by Crippen LogP contribution is -1.94. The summed E-state index contributed by atoms with van der Waals surface area (Å²) in [4.78, 5) is 0. The highest BCUT2D eigenvalue weighted by Crippen LogP contribution is 2.36. The molecule has 0 radical (unpaired) electrons. The summed E-state index contributed by atoms with van der Waals surface area (Å²) in [5.74, 6) is 0.581. The number of thiophene rings is 1. The van der Waals surface area contributed by atoms with E-state index in [4.69, 9.17) is 15.7 Å². The fourth-order valence-electron chi connectivity index (χ4n) is 1.41. The van der Waals surface area contributed by atoms with E-state index < -0.39 is 0 Å². The van der Waals surface area contributed by atoms with Gasteiger partial charge in [0.1, 0.15) is 11.6 Å². The lowest BCUT2D eigenvalue weighted by Gasteiger charge is -2.06. The van der Waals surface area contributed by atoms with Crippen molar-refractivity contribution in [2.75, 3.05) is 12.8 Å². The van der Waals surface area contributed by atoms with Gasteiger partial charge >= 0.3 is 0 Å². The first-order chi connectivity index (χ1) is 6.77. The second-order valence-electron chi connectivity index (χ2n) is 2.82. The van der Waals surface area contributed by atoms with Crippen molar-refractivity contribution in [2.24, 2.45) is 0 Å². The molecule has 1 aromatic heterocycles. The average Bonchev–Trinajstić information content (AvgIpc) is 2.62. The first-order valence-electron chi connectivity index (χ1n) is 4.01. The molecule has 0 aliphatic rings. The molecule has 0 aliphatic heterocycles. The molecule has 0 atom stereocenters. The normalized spacial score (nSPS) is 10.0. The molecule has 0 unspecified atom stereocenters. The van der Waals surface area contributed by atoms with E-state index in [0.29, 0.717) is 17.0 Å². The van der Waals surface area contributed by atoms with Crippen LogP contribution < -0.4 is 10.5 Å². The topological polar surface area (TPSA) is 59.0 Å². The number of anilines is 1. The van der Waals surface area contributed by atoms with Crippen molar-refractivity contribution in [3.63, 3.8) is 0 Å². The van der Waals surface area contributed by atoms with Crippen molar-refractivity contribution in [3.8, 4) is 11.8 Å². The summed E-state index contributed by atoms with van der Waals surface area (Å²) in [7, 11) is 1.55. The van der Waals surface area contributed by atoms with E-state index in [1.54, 1.807) is 24.5 Å². The SMILES string of the molecule is COc1c(C#N)c(N)cc2ccsc12. The van der Waals surface area contributed by atoms with Gasteiger partial charge in [-0.05, 0) is 22.9 Å². The fraction of sp³-hybridized carbons (Fsp3) is 0.100. The highest BCUT2D eigenvalue weighted by Gasteiger charge is 2.12. The molecule has 2 aromatic rings. The minimum atomic E-state index is 0.419. The molecule has 2 N–H and O–H groups in total. The number of benzene rings is 1. The Bertz CT molecular complexity index is 525. The molecule has 70 valence electrons. The first-order valence-corrected chi connectivity index (χ1v) is 4.89. The minimum absolute atomic E-state index is 0.419. The van der Waals surface area contributed by atoms with E-state index in [2.05, 4.69) is 6.07 Å². The number of nitrogen functional groups attached to an aromatic ring is 1. The number of ether oxygens (including phenoxy) is 1. The molecule has 4 heteroatoms. The molecule has 0 spiro atoms. The van der Waals surface area contributed by atoms with E-state index in [0.717, 1.165) is 10.1 Å². The van der Waals surface area contributed by atoms with Gasteiger partial charge in [0.25, 0.3) is 0 Å². The zero-order valence-electron chi connectivity index (χ0n) is 7.57. The highest BCUT2D eigenvalue weighted by molar-refractivity contribution is 7.17. The van der Waals surface area contributed by atoms with Crippen LogP contribution in [-0.4, -0.2) is 7.11 Å². The molecule has 3 nitrogen and oxygen atoms in total. The van der Waals surface area contributed by atoms with Gasteiger partial charge in [-0.1, -0.05) is 0 Å². The Morgan fingerprint density at radius 2 is 2.36 bits per heavy atom. The molecule has 0 amide bonds. The number of fused-ring (bicyclic) bond motifs is 1. The standard InChI is InChI=1S/C10H8N2OS/c1-13-9-7(5-11)8(12)4-6-2-3-14-10(6)9/h2-4H,12H2,1H3. The highest BCUT2D eigenvalue weighted by atomic mass is 32.1. The molecular formula is C10H8N2OS. The minimum Gasteiger partial charge on any atom is -0.494 e. The fourth-order valence-corrected chi connectivity index (χ4v) is 2.32. The zero-order valence-corrected chi connectivity index (χ0v) is 8.39. The van der Waals surface area contributed by atoms with Crippen molar-refractivity contribution < 1.29 is 4.74 Å². The van der Waals surface area contributed by atoms with Crippen LogP contribution >= 0.6 is 11.3 Å². The Hall–Kier alpha value is -1.73. The third kappa shape index (κ3) is 1.10. The molecule has 2 rings (SSSR count). The van der Waals surface area contributed by atoms with Crippen LogP contribution in [0.5, 0.6) is 5.75 Å². The Morgan fingerprint density at radius 1 is 1.57 bits per heavy atom. The van der Waals surface area contributed by atoms with Crippen molar-refractivity contribution in [1.29, 1.82) is 5.26 Å². The van der Waals surface area contributed by atoms with Gasteiger partial charge in [-0.3, -0.25) is 0 Å². The van der Waals surface area contributed by atoms with Crippen LogP contribution in [0.15, 0.2) is 17.5 Å². The molecule has 1 heterocycles. The molecule has 14 heavy (non-hydrogen) atoms. The van der Waals surface area contributed by atoms with Crippen molar-refractivity contribution in [1.82, 2.24) is 0 Å². The molecule has 0 saturated carbocycles. The van der Waals surface area contributed by atoms with Crippen molar-refractivity contribution >= 4 is 27.1 Å². The number of nitrogens with zero attached hydrogens (tertiary/aromatic N) is 1. The smallest absolute Gasteiger partial charge is 0.156 e. The maximum Gasteiger partial charge on any atom is 0.156 e. The molecule has 0 saturated heterocycles. The zero-order chi connectivity index (χ0) is 10.1. The summed E-state index contributed by atoms with van der Waals surface area (Å²) < 4.78 is 6.17. The molecule has 1 aromatic carbocycles. The van der Waals surface area contributed by atoms with Crippen LogP contribution in [0.3, 0.4) is 0 Å². The van der Waals surface area contributed by atoms with Crippen LogP contribution in [0.2, 0.25) is 0 Å². The summed E-state index contributed by atoms with van der Waals surface area (Å²) in [5, 5.41) is 11.9. The molecular weight excluding hydrogens is 196 g/mol. The van der Waals surface area contributed by atoms with E-state index in [-0.39, 0.29) is 0 Å². The number of nitriles is 1. The maximum absolute atomic E-state index is 8.92. The van der Waals surface area contributed by atoms with Crippen LogP contribution in [-0.2, 0) is 0 Å². The molecule has 0 bridgehead atoms. The number of rotatable bonds is 1. The summed E-state index contributed by atoms with van der Waals surface area (Å²) in [6.07, 6.45) is 0. The summed E-state index contributed by atoms with van der Waals surface area (Å²) in [5.41, 5.74) is 6.62. The van der Waals surface area contributed by atoms with Gasteiger partial charge in [0, 0.05) is 0 Å². The Labute approximate surface area is 85.3 Å². The number of nitrogens with two attached hydrogens (primary N) is 1. The Balaban J connectivity index is 2.91. The predicted octanol–water partition coefficient (Wildman–Crippen LogP) is 2.36. The summed E-state index contributed by atoms with van der Waals surface area (Å²) in [6.45, 7) is 0. The van der Waals surface area contributed by atoms with Gasteiger partial charge in [0.05, 0.1) is 17.5 Å². The van der Waals surface area contributed by atoms with Crippen LogP contribution in [0, 0.1) is 11.3 Å². The van der Waals surface area contributed by atoms with Gasteiger partial charge in [-0.2, -0.15) is 5.26 Å². The average molecular weight is 204 g/mol. The Kier molecular flexibility index (Phi) is 2.02. The monoisotopic (exact) mass is 204 g/mol. The molecule has 0 fully saturated rings. The third-order valence-corrected chi connectivity index (χ3v) is 2.97. The van der Waals surface area contributed by atoms with Gasteiger partial charge in [-0.15, -0.1) is 11.3 Å². The van der Waals surface area contributed by atoms with Crippen LogP contribution in [0.4, 0.5) is 5.69 Å².